The molecule has 0 bridgehead atoms. The number of hydrogen-bond donors (Lipinski definition) is 2. The lowest BCUT2D eigenvalue weighted by Crippen LogP contribution is -2.29. The van der Waals surface area contributed by atoms with Gasteiger partial charge in [-0.15, -0.1) is 0 Å². The molecule has 1 fully saturated rings. The molecule has 1 aromatic rings. The third-order valence-electron chi connectivity index (χ3n) is 2.87. The Morgan fingerprint density at radius 2 is 2.19 bits per heavy atom. The molecule has 0 unspecified atom stereocenters. The van der Waals surface area contributed by atoms with Gasteiger partial charge in [0, 0.05) is 13.5 Å². The molecule has 114 valence electrons. The molecule has 0 spiro atoms. The van der Waals surface area contributed by atoms with E-state index in [0.29, 0.717) is 12.3 Å². The van der Waals surface area contributed by atoms with Gasteiger partial charge in [-0.05, 0) is 17.7 Å². The molecule has 9 heteroatoms. The number of carbonyl (C=O) groups excluding carboxylic acids is 2. The van der Waals surface area contributed by atoms with Crippen LogP contribution in [-0.2, 0) is 26.3 Å². The molecular formula is C12H15N3O5S. The number of benzene rings is 1. The van der Waals surface area contributed by atoms with Gasteiger partial charge in [0.05, 0.1) is 12.8 Å². The Balaban J connectivity index is 2.32. The van der Waals surface area contributed by atoms with Crippen LogP contribution in [0.4, 0.5) is 5.69 Å². The monoisotopic (exact) mass is 313 g/mol. The maximum absolute atomic E-state index is 11.8. The summed E-state index contributed by atoms with van der Waals surface area (Å²) in [4.78, 5) is 22.2. The Morgan fingerprint density at radius 3 is 2.71 bits per heavy atom. The molecular weight excluding hydrogens is 298 g/mol. The maximum Gasteiger partial charge on any atom is 0.326 e. The normalized spacial score (nSPS) is 16.5. The van der Waals surface area contributed by atoms with E-state index in [1.165, 1.54) is 20.1 Å². The van der Waals surface area contributed by atoms with E-state index in [2.05, 4.69) is 5.32 Å². The average Bonchev–Trinajstić information content (AvgIpc) is 2.68. The van der Waals surface area contributed by atoms with Crippen LogP contribution in [0.25, 0.3) is 0 Å². The highest BCUT2D eigenvalue weighted by Gasteiger charge is 2.35. The fraction of sp³-hybridized carbons (Fsp3) is 0.333. The standard InChI is InChI=1S/C12H15N3O5S/c1-8(16)13-6-9-3-4-10(11(5-9)20-2)15-7-12(17)14-21(15,18)19/h3-5H,6-7H2,1-2H3,(H,13,16)(H,14,17). The van der Waals surface area contributed by atoms with Crippen LogP contribution in [0.5, 0.6) is 5.75 Å². The molecule has 0 aromatic heterocycles. The number of hydrogen-bond acceptors (Lipinski definition) is 5. The Labute approximate surface area is 122 Å². The molecule has 8 nitrogen and oxygen atoms in total. The summed E-state index contributed by atoms with van der Waals surface area (Å²) in [5, 5.41) is 2.63. The predicted octanol–water partition coefficient (Wildman–Crippen LogP) is -0.488. The fourth-order valence-corrected chi connectivity index (χ4v) is 3.09. The summed E-state index contributed by atoms with van der Waals surface area (Å²) in [6.45, 7) is 1.42. The zero-order chi connectivity index (χ0) is 15.6. The summed E-state index contributed by atoms with van der Waals surface area (Å²) in [5.41, 5.74) is 1.02. The first-order chi connectivity index (χ1) is 9.83. The largest absolute Gasteiger partial charge is 0.495 e. The van der Waals surface area contributed by atoms with E-state index in [-0.39, 0.29) is 18.1 Å². The lowest BCUT2D eigenvalue weighted by molar-refractivity contribution is -0.119. The van der Waals surface area contributed by atoms with Crippen molar-refractivity contribution in [3.8, 4) is 5.75 Å². The summed E-state index contributed by atoms with van der Waals surface area (Å²) in [7, 11) is -2.47. The number of anilines is 1. The third-order valence-corrected chi connectivity index (χ3v) is 4.27. The van der Waals surface area contributed by atoms with Gasteiger partial charge >= 0.3 is 10.2 Å². The van der Waals surface area contributed by atoms with Crippen LogP contribution in [-0.4, -0.2) is 33.9 Å². The van der Waals surface area contributed by atoms with Crippen molar-refractivity contribution in [3.63, 3.8) is 0 Å². The second-order valence-electron chi connectivity index (χ2n) is 4.45. The Bertz CT molecular complexity index is 686. The van der Waals surface area contributed by atoms with Crippen molar-refractivity contribution < 1.29 is 22.7 Å². The van der Waals surface area contributed by atoms with Crippen molar-refractivity contribution in [2.75, 3.05) is 18.0 Å². The molecule has 0 aliphatic carbocycles. The lowest BCUT2D eigenvalue weighted by Gasteiger charge is -2.18. The van der Waals surface area contributed by atoms with Crippen LogP contribution >= 0.6 is 0 Å². The molecule has 1 aromatic carbocycles. The molecule has 1 aliphatic rings. The van der Waals surface area contributed by atoms with E-state index in [9.17, 15) is 18.0 Å². The minimum atomic E-state index is -3.88. The topological polar surface area (TPSA) is 105 Å². The van der Waals surface area contributed by atoms with Gasteiger partial charge in [-0.25, -0.2) is 9.03 Å². The number of methoxy groups -OCH3 is 1. The average molecular weight is 313 g/mol. The van der Waals surface area contributed by atoms with Crippen molar-refractivity contribution in [1.82, 2.24) is 10.0 Å². The smallest absolute Gasteiger partial charge is 0.326 e. The van der Waals surface area contributed by atoms with E-state index in [1.807, 2.05) is 4.72 Å². The number of rotatable bonds is 4. The van der Waals surface area contributed by atoms with Crippen LogP contribution in [0.3, 0.4) is 0 Å². The van der Waals surface area contributed by atoms with E-state index in [1.54, 1.807) is 12.1 Å². The van der Waals surface area contributed by atoms with Crippen LogP contribution in [0.1, 0.15) is 12.5 Å². The second kappa shape index (κ2) is 5.60. The molecule has 21 heavy (non-hydrogen) atoms. The summed E-state index contributed by atoms with van der Waals surface area (Å²) in [6.07, 6.45) is 0. The molecule has 0 radical (unpaired) electrons. The third kappa shape index (κ3) is 3.24. The highest BCUT2D eigenvalue weighted by molar-refractivity contribution is 7.92. The molecule has 1 heterocycles. The molecule has 1 saturated heterocycles. The number of ether oxygens (including phenoxy) is 1. The van der Waals surface area contributed by atoms with Crippen molar-refractivity contribution in [2.24, 2.45) is 0 Å². The highest BCUT2D eigenvalue weighted by atomic mass is 32.2. The maximum atomic E-state index is 11.8. The van der Waals surface area contributed by atoms with Gasteiger partial charge < -0.3 is 10.1 Å². The summed E-state index contributed by atoms with van der Waals surface area (Å²) < 4.78 is 31.7. The number of nitrogens with zero attached hydrogens (tertiary/aromatic N) is 1. The van der Waals surface area contributed by atoms with E-state index in [4.69, 9.17) is 4.74 Å². The predicted molar refractivity (Wildman–Crippen MR) is 74.9 cm³/mol. The Kier molecular flexibility index (Phi) is 4.03. The number of carbonyl (C=O) groups is 2. The van der Waals surface area contributed by atoms with Gasteiger partial charge in [0.1, 0.15) is 12.3 Å². The van der Waals surface area contributed by atoms with Crippen LogP contribution < -0.4 is 19.1 Å². The van der Waals surface area contributed by atoms with E-state index < -0.39 is 16.1 Å². The number of nitrogens with one attached hydrogen (secondary N) is 2. The molecule has 0 saturated carbocycles. The molecule has 0 atom stereocenters. The quantitative estimate of drug-likeness (QED) is 0.780. The van der Waals surface area contributed by atoms with Crippen LogP contribution in [0, 0.1) is 0 Å². The van der Waals surface area contributed by atoms with Gasteiger partial charge in [-0.1, -0.05) is 6.07 Å². The Morgan fingerprint density at radius 1 is 1.48 bits per heavy atom. The first kappa shape index (κ1) is 15.1. The van der Waals surface area contributed by atoms with Crippen molar-refractivity contribution in [1.29, 1.82) is 0 Å². The summed E-state index contributed by atoms with van der Waals surface area (Å²) in [6, 6.07) is 4.81. The fourth-order valence-electron chi connectivity index (χ4n) is 1.93. The number of amides is 2. The van der Waals surface area contributed by atoms with Gasteiger partial charge in [0.15, 0.2) is 0 Å². The lowest BCUT2D eigenvalue weighted by atomic mass is 10.2. The van der Waals surface area contributed by atoms with Crippen molar-refractivity contribution >= 4 is 27.7 Å². The first-order valence-electron chi connectivity index (χ1n) is 6.08. The van der Waals surface area contributed by atoms with Crippen molar-refractivity contribution in [3.05, 3.63) is 23.8 Å². The summed E-state index contributed by atoms with van der Waals surface area (Å²) >= 11 is 0. The SMILES string of the molecule is COc1cc(CNC(C)=O)ccc1N1CC(=O)NS1(=O)=O. The van der Waals surface area contributed by atoms with Gasteiger partial charge in [-0.3, -0.25) is 9.59 Å². The first-order valence-corrected chi connectivity index (χ1v) is 7.52. The van der Waals surface area contributed by atoms with Crippen molar-refractivity contribution in [2.45, 2.75) is 13.5 Å². The minimum Gasteiger partial charge on any atom is -0.495 e. The van der Waals surface area contributed by atoms with Crippen LogP contribution in [0.15, 0.2) is 18.2 Å². The molecule has 2 rings (SSSR count). The van der Waals surface area contributed by atoms with Gasteiger partial charge in [0.2, 0.25) is 5.91 Å². The van der Waals surface area contributed by atoms with Crippen LogP contribution in [0.2, 0.25) is 0 Å². The highest BCUT2D eigenvalue weighted by Crippen LogP contribution is 2.32. The van der Waals surface area contributed by atoms with Gasteiger partial charge in [0.25, 0.3) is 5.91 Å². The minimum absolute atomic E-state index is 0.171. The zero-order valence-corrected chi connectivity index (χ0v) is 12.4. The Hall–Kier alpha value is -2.29. The van der Waals surface area contributed by atoms with Gasteiger partial charge in [-0.2, -0.15) is 8.42 Å². The molecule has 2 N–H and O–H groups in total. The molecule has 1 aliphatic heterocycles. The molecule has 2 amide bonds. The zero-order valence-electron chi connectivity index (χ0n) is 11.5. The second-order valence-corrected chi connectivity index (χ2v) is 6.05. The van der Waals surface area contributed by atoms with E-state index in [0.717, 1.165) is 9.87 Å². The van der Waals surface area contributed by atoms with E-state index >= 15 is 0 Å². The summed E-state index contributed by atoms with van der Waals surface area (Å²) in [5.74, 6) is -0.465.